The number of nitrogens with zero attached hydrogens (tertiary/aromatic N) is 1. The summed E-state index contributed by atoms with van der Waals surface area (Å²) in [5, 5.41) is 7.27. The molecule has 0 aliphatic rings. The molecule has 2 aromatic carbocycles. The molecule has 2 rings (SSSR count). The zero-order chi connectivity index (χ0) is 15.8. The molecule has 4 nitrogen and oxygen atoms in total. The maximum Gasteiger partial charge on any atom is 0.387 e. The largest absolute Gasteiger partial charge is 0.435 e. The quantitative estimate of drug-likeness (QED) is 0.502. The summed E-state index contributed by atoms with van der Waals surface area (Å²) >= 11 is 5.08. The lowest BCUT2D eigenvalue weighted by Crippen LogP contribution is -2.23. The van der Waals surface area contributed by atoms with E-state index in [0.29, 0.717) is 5.11 Å². The maximum atomic E-state index is 12.0. The van der Waals surface area contributed by atoms with Gasteiger partial charge < -0.3 is 10.1 Å². The van der Waals surface area contributed by atoms with E-state index in [4.69, 9.17) is 12.2 Å². The number of thiocarbonyl (C=S) groups is 1. The van der Waals surface area contributed by atoms with Crippen molar-refractivity contribution >= 4 is 29.2 Å². The fraction of sp³-hybridized carbons (Fsp3) is 0.0667. The second-order valence-electron chi connectivity index (χ2n) is 4.14. The Morgan fingerprint density at radius 2 is 1.77 bits per heavy atom. The summed E-state index contributed by atoms with van der Waals surface area (Å²) in [6.45, 7) is -2.83. The van der Waals surface area contributed by atoms with Crippen molar-refractivity contribution in [2.24, 2.45) is 5.10 Å². The Morgan fingerprint density at radius 3 is 2.41 bits per heavy atom. The molecule has 2 N–H and O–H groups in total. The molecule has 0 aliphatic heterocycles. The monoisotopic (exact) mass is 321 g/mol. The van der Waals surface area contributed by atoms with Gasteiger partial charge in [-0.15, -0.1) is 0 Å². The van der Waals surface area contributed by atoms with E-state index in [2.05, 4.69) is 20.6 Å². The summed E-state index contributed by atoms with van der Waals surface area (Å²) in [6, 6.07) is 15.5. The van der Waals surface area contributed by atoms with Crippen LogP contribution in [0.2, 0.25) is 0 Å². The highest BCUT2D eigenvalue weighted by Crippen LogP contribution is 2.13. The smallest absolute Gasteiger partial charge is 0.387 e. The highest BCUT2D eigenvalue weighted by Gasteiger charge is 2.02. The molecule has 0 aromatic heterocycles. The number of rotatable bonds is 5. The number of nitrogens with one attached hydrogen (secondary N) is 2. The number of halogens is 2. The Balaban J connectivity index is 1.83. The first-order chi connectivity index (χ1) is 10.6. The van der Waals surface area contributed by atoms with E-state index < -0.39 is 6.61 Å². The molecule has 0 saturated carbocycles. The molecule has 0 unspecified atom stereocenters. The van der Waals surface area contributed by atoms with E-state index in [0.717, 1.165) is 11.3 Å². The van der Waals surface area contributed by atoms with Crippen LogP contribution < -0.4 is 15.5 Å². The molecule has 114 valence electrons. The van der Waals surface area contributed by atoms with Crippen molar-refractivity contribution in [3.63, 3.8) is 0 Å². The van der Waals surface area contributed by atoms with Crippen LogP contribution in [0.3, 0.4) is 0 Å². The fourth-order valence-corrected chi connectivity index (χ4v) is 1.75. The van der Waals surface area contributed by atoms with Gasteiger partial charge in [-0.25, -0.2) is 0 Å². The van der Waals surface area contributed by atoms with Crippen LogP contribution in [0.1, 0.15) is 5.56 Å². The summed E-state index contributed by atoms with van der Waals surface area (Å²) in [6.07, 6.45) is 1.52. The van der Waals surface area contributed by atoms with Crippen LogP contribution in [0.4, 0.5) is 14.5 Å². The van der Waals surface area contributed by atoms with Gasteiger partial charge in [0.25, 0.3) is 0 Å². The molecule has 0 bridgehead atoms. The number of hydrazone groups is 1. The molecule has 0 fully saturated rings. The molecular weight excluding hydrogens is 308 g/mol. The minimum absolute atomic E-state index is 0.0985. The molecule has 0 aliphatic carbocycles. The molecule has 7 heteroatoms. The van der Waals surface area contributed by atoms with Gasteiger partial charge in [0.1, 0.15) is 5.75 Å². The van der Waals surface area contributed by atoms with Crippen LogP contribution in [-0.2, 0) is 0 Å². The molecule has 0 saturated heterocycles. The van der Waals surface area contributed by atoms with E-state index in [9.17, 15) is 8.78 Å². The Morgan fingerprint density at radius 1 is 1.09 bits per heavy atom. The molecule has 0 amide bonds. The van der Waals surface area contributed by atoms with Crippen LogP contribution in [-0.4, -0.2) is 17.9 Å². The summed E-state index contributed by atoms with van der Waals surface area (Å²) in [7, 11) is 0. The van der Waals surface area contributed by atoms with E-state index in [1.54, 1.807) is 12.1 Å². The number of hydrogen-bond donors (Lipinski definition) is 2. The summed E-state index contributed by atoms with van der Waals surface area (Å²) in [5.74, 6) is 0.0985. The Bertz CT molecular complexity index is 633. The van der Waals surface area contributed by atoms with E-state index >= 15 is 0 Å². The van der Waals surface area contributed by atoms with Gasteiger partial charge in [-0.2, -0.15) is 13.9 Å². The third-order valence-corrected chi connectivity index (χ3v) is 2.71. The molecule has 0 atom stereocenters. The SMILES string of the molecule is FC(F)Oc1ccc(/C=N/NC(=S)Nc2ccccc2)cc1. The first-order valence-electron chi connectivity index (χ1n) is 6.33. The number of ether oxygens (including phenoxy) is 1. The molecule has 0 radical (unpaired) electrons. The predicted molar refractivity (Wildman–Crippen MR) is 86.5 cm³/mol. The van der Waals surface area contributed by atoms with Crippen LogP contribution in [0.25, 0.3) is 0 Å². The topological polar surface area (TPSA) is 45.6 Å². The van der Waals surface area contributed by atoms with E-state index in [1.807, 2.05) is 30.3 Å². The Labute approximate surface area is 131 Å². The van der Waals surface area contributed by atoms with Crippen molar-refractivity contribution in [1.82, 2.24) is 5.43 Å². The van der Waals surface area contributed by atoms with E-state index in [1.165, 1.54) is 18.3 Å². The number of hydrogen-bond acceptors (Lipinski definition) is 3. The summed E-state index contributed by atoms with van der Waals surface area (Å²) in [5.41, 5.74) is 4.23. The number of benzene rings is 2. The summed E-state index contributed by atoms with van der Waals surface area (Å²) < 4.78 is 28.3. The minimum atomic E-state index is -2.83. The molecule has 2 aromatic rings. The van der Waals surface area contributed by atoms with Gasteiger partial charge in [0.2, 0.25) is 0 Å². The van der Waals surface area contributed by atoms with Gasteiger partial charge in [0.15, 0.2) is 5.11 Å². The van der Waals surface area contributed by atoms with Gasteiger partial charge in [-0.05, 0) is 54.2 Å². The van der Waals surface area contributed by atoms with Crippen LogP contribution in [0.15, 0.2) is 59.7 Å². The minimum Gasteiger partial charge on any atom is -0.435 e. The highest BCUT2D eigenvalue weighted by molar-refractivity contribution is 7.80. The average Bonchev–Trinajstić information content (AvgIpc) is 2.49. The van der Waals surface area contributed by atoms with Gasteiger partial charge >= 0.3 is 6.61 Å². The van der Waals surface area contributed by atoms with Gasteiger partial charge in [0, 0.05) is 5.69 Å². The number of anilines is 1. The normalized spacial score (nSPS) is 10.7. The number of para-hydroxylation sites is 1. The van der Waals surface area contributed by atoms with Crippen molar-refractivity contribution in [2.45, 2.75) is 6.61 Å². The van der Waals surface area contributed by atoms with Gasteiger partial charge in [0.05, 0.1) is 6.21 Å². The second kappa shape index (κ2) is 8.04. The zero-order valence-corrected chi connectivity index (χ0v) is 12.2. The zero-order valence-electron chi connectivity index (χ0n) is 11.4. The number of alkyl halides is 2. The third-order valence-electron chi connectivity index (χ3n) is 2.52. The Hall–Kier alpha value is -2.54. The maximum absolute atomic E-state index is 12.0. The molecular formula is C15H13F2N3OS. The van der Waals surface area contributed by atoms with Gasteiger partial charge in [-0.3, -0.25) is 5.43 Å². The van der Waals surface area contributed by atoms with Crippen LogP contribution in [0.5, 0.6) is 5.75 Å². The third kappa shape index (κ3) is 5.45. The molecule has 0 spiro atoms. The molecule has 0 heterocycles. The standard InChI is InChI=1S/C15H13F2N3OS/c16-14(17)21-13-8-6-11(7-9-13)10-18-20-15(22)19-12-4-2-1-3-5-12/h1-10,14H,(H2,19,20,22)/b18-10+. The van der Waals surface area contributed by atoms with Crippen molar-refractivity contribution in [3.05, 3.63) is 60.2 Å². The van der Waals surface area contributed by atoms with Crippen LogP contribution in [0, 0.1) is 0 Å². The van der Waals surface area contributed by atoms with Crippen molar-refractivity contribution in [2.75, 3.05) is 5.32 Å². The summed E-state index contributed by atoms with van der Waals surface area (Å²) in [4.78, 5) is 0. The second-order valence-corrected chi connectivity index (χ2v) is 4.55. The van der Waals surface area contributed by atoms with Crippen molar-refractivity contribution < 1.29 is 13.5 Å². The van der Waals surface area contributed by atoms with E-state index in [-0.39, 0.29) is 5.75 Å². The average molecular weight is 321 g/mol. The van der Waals surface area contributed by atoms with Crippen LogP contribution >= 0.6 is 12.2 Å². The predicted octanol–water partition coefficient (Wildman–Crippen LogP) is 3.61. The lowest BCUT2D eigenvalue weighted by molar-refractivity contribution is -0.0498. The molecule has 22 heavy (non-hydrogen) atoms. The lowest BCUT2D eigenvalue weighted by atomic mass is 10.2. The fourth-order valence-electron chi connectivity index (χ4n) is 1.58. The Kier molecular flexibility index (Phi) is 5.79. The van der Waals surface area contributed by atoms with Gasteiger partial charge in [-0.1, -0.05) is 18.2 Å². The highest BCUT2D eigenvalue weighted by atomic mass is 32.1. The van der Waals surface area contributed by atoms with Crippen molar-refractivity contribution in [1.29, 1.82) is 0 Å². The first-order valence-corrected chi connectivity index (χ1v) is 6.74. The first kappa shape index (κ1) is 15.8. The lowest BCUT2D eigenvalue weighted by Gasteiger charge is -2.06. The van der Waals surface area contributed by atoms with Crippen molar-refractivity contribution in [3.8, 4) is 5.75 Å².